The topological polar surface area (TPSA) is 29.1 Å². The van der Waals surface area contributed by atoms with E-state index in [1.165, 1.54) is 6.07 Å². The molecule has 3 aromatic carbocycles. The minimum absolute atomic E-state index is 0.106. The first-order chi connectivity index (χ1) is 8.84. The molecule has 0 spiro atoms. The van der Waals surface area contributed by atoms with Crippen LogP contribution >= 0.6 is 0 Å². The summed E-state index contributed by atoms with van der Waals surface area (Å²) < 4.78 is 5.71. The van der Waals surface area contributed by atoms with E-state index in [1.54, 1.807) is 18.2 Å². The summed E-state index contributed by atoms with van der Waals surface area (Å²) in [6.07, 6.45) is 0. The summed E-state index contributed by atoms with van der Waals surface area (Å²) in [4.78, 5) is 0. The lowest BCUT2D eigenvalue weighted by molar-refractivity contribution is 0.330. The van der Waals surface area contributed by atoms with Gasteiger partial charge in [0.1, 0.15) is 5.75 Å². The Balaban J connectivity index is 2.08. The maximum atomic E-state index is 11.6. The molecular formula is C16H11O2. The number of fused-ring (bicyclic) bond motifs is 1. The van der Waals surface area contributed by atoms with Gasteiger partial charge in [0.2, 0.25) is 5.75 Å². The van der Waals surface area contributed by atoms with E-state index in [-0.39, 0.29) is 5.75 Å². The Morgan fingerprint density at radius 2 is 1.33 bits per heavy atom. The molecule has 0 aliphatic heterocycles. The van der Waals surface area contributed by atoms with Crippen LogP contribution in [0.4, 0.5) is 0 Å². The average molecular weight is 235 g/mol. The highest BCUT2D eigenvalue weighted by molar-refractivity contribution is 5.88. The number of benzene rings is 3. The number of rotatable bonds is 2. The highest BCUT2D eigenvalue weighted by atomic mass is 16.5. The van der Waals surface area contributed by atoms with Gasteiger partial charge in [-0.05, 0) is 23.6 Å². The van der Waals surface area contributed by atoms with Gasteiger partial charge in [0.25, 0.3) is 0 Å². The molecule has 0 heterocycles. The normalized spacial score (nSPS) is 10.4. The van der Waals surface area contributed by atoms with Crippen molar-refractivity contribution in [1.29, 1.82) is 0 Å². The highest BCUT2D eigenvalue weighted by Crippen LogP contribution is 2.34. The molecule has 0 unspecified atom stereocenters. The van der Waals surface area contributed by atoms with Crippen molar-refractivity contribution in [3.63, 3.8) is 0 Å². The van der Waals surface area contributed by atoms with Gasteiger partial charge >= 0.3 is 0 Å². The molecule has 2 nitrogen and oxygen atoms in total. The molecular weight excluding hydrogens is 224 g/mol. The van der Waals surface area contributed by atoms with Gasteiger partial charge in [-0.2, -0.15) is 0 Å². The van der Waals surface area contributed by atoms with Gasteiger partial charge in [0, 0.05) is 5.39 Å². The van der Waals surface area contributed by atoms with E-state index in [0.29, 0.717) is 11.5 Å². The maximum Gasteiger partial charge on any atom is 0.221 e. The van der Waals surface area contributed by atoms with E-state index in [0.717, 1.165) is 10.8 Å². The van der Waals surface area contributed by atoms with Gasteiger partial charge in [0.15, 0.2) is 5.75 Å². The maximum absolute atomic E-state index is 11.6. The number of ether oxygens (including phenoxy) is 1. The van der Waals surface area contributed by atoms with Crippen molar-refractivity contribution in [3.8, 4) is 17.2 Å². The van der Waals surface area contributed by atoms with E-state index in [9.17, 15) is 5.11 Å². The molecule has 87 valence electrons. The lowest BCUT2D eigenvalue weighted by Crippen LogP contribution is -1.85. The predicted molar refractivity (Wildman–Crippen MR) is 70.6 cm³/mol. The second-order valence-electron chi connectivity index (χ2n) is 4.03. The van der Waals surface area contributed by atoms with E-state index in [1.807, 2.05) is 42.5 Å². The van der Waals surface area contributed by atoms with Crippen molar-refractivity contribution < 1.29 is 9.84 Å². The van der Waals surface area contributed by atoms with Crippen molar-refractivity contribution >= 4 is 10.8 Å². The predicted octanol–water partition coefficient (Wildman–Crippen LogP) is 4.78. The summed E-state index contributed by atoms with van der Waals surface area (Å²) in [5.74, 6) is 0.954. The Bertz CT molecular complexity index is 684. The standard InChI is InChI=1S/C16H11O2/c17-14-9-3-4-10-16(14)18-15-11-5-7-12-6-1-2-8-13(12)15/h1-11H. The van der Waals surface area contributed by atoms with Gasteiger partial charge in [-0.3, -0.25) is 5.11 Å². The van der Waals surface area contributed by atoms with E-state index in [4.69, 9.17) is 4.74 Å². The SMILES string of the molecule is [O]c1ccccc1Oc1cccc2ccccc12. The van der Waals surface area contributed by atoms with Crippen LogP contribution in [0, 0.1) is 0 Å². The summed E-state index contributed by atoms with van der Waals surface area (Å²) in [6, 6.07) is 20.4. The molecule has 2 heteroatoms. The van der Waals surface area contributed by atoms with Gasteiger partial charge in [-0.15, -0.1) is 0 Å². The smallest absolute Gasteiger partial charge is 0.221 e. The monoisotopic (exact) mass is 235 g/mol. The number of hydrogen-bond acceptors (Lipinski definition) is 1. The van der Waals surface area contributed by atoms with Crippen LogP contribution in [-0.4, -0.2) is 0 Å². The van der Waals surface area contributed by atoms with Crippen molar-refractivity contribution in [3.05, 3.63) is 66.7 Å². The number of para-hydroxylation sites is 2. The molecule has 0 amide bonds. The second kappa shape index (κ2) is 4.41. The summed E-state index contributed by atoms with van der Waals surface area (Å²) in [5.41, 5.74) is 0. The van der Waals surface area contributed by atoms with Crippen molar-refractivity contribution in [2.24, 2.45) is 0 Å². The Labute approximate surface area is 105 Å². The zero-order valence-corrected chi connectivity index (χ0v) is 9.67. The van der Waals surface area contributed by atoms with Crippen LogP contribution in [0.25, 0.3) is 10.8 Å². The Morgan fingerprint density at radius 3 is 2.22 bits per heavy atom. The van der Waals surface area contributed by atoms with E-state index in [2.05, 4.69) is 0 Å². The van der Waals surface area contributed by atoms with Crippen molar-refractivity contribution in [2.45, 2.75) is 0 Å². The third-order valence-corrected chi connectivity index (χ3v) is 2.82. The molecule has 0 saturated carbocycles. The largest absolute Gasteiger partial charge is 0.453 e. The quantitative estimate of drug-likeness (QED) is 0.628. The van der Waals surface area contributed by atoms with Crippen LogP contribution in [0.15, 0.2) is 66.7 Å². The fourth-order valence-corrected chi connectivity index (χ4v) is 1.94. The molecule has 0 saturated heterocycles. The Morgan fingerprint density at radius 1 is 0.667 bits per heavy atom. The van der Waals surface area contributed by atoms with Crippen LogP contribution in [0.3, 0.4) is 0 Å². The molecule has 3 aromatic rings. The molecule has 18 heavy (non-hydrogen) atoms. The zero-order chi connectivity index (χ0) is 12.4. The Kier molecular flexibility index (Phi) is 2.61. The van der Waals surface area contributed by atoms with Crippen LogP contribution < -0.4 is 4.74 Å². The van der Waals surface area contributed by atoms with Crippen LogP contribution in [-0.2, 0) is 5.11 Å². The van der Waals surface area contributed by atoms with Gasteiger partial charge in [0.05, 0.1) is 0 Å². The molecule has 0 atom stereocenters. The fraction of sp³-hybridized carbons (Fsp3) is 0. The average Bonchev–Trinajstić information content (AvgIpc) is 2.42. The van der Waals surface area contributed by atoms with Gasteiger partial charge in [-0.1, -0.05) is 48.5 Å². The van der Waals surface area contributed by atoms with Gasteiger partial charge in [-0.25, -0.2) is 0 Å². The second-order valence-corrected chi connectivity index (χ2v) is 4.03. The van der Waals surface area contributed by atoms with Crippen LogP contribution in [0.5, 0.6) is 17.2 Å². The van der Waals surface area contributed by atoms with E-state index < -0.39 is 0 Å². The molecule has 1 radical (unpaired) electrons. The third-order valence-electron chi connectivity index (χ3n) is 2.82. The first kappa shape index (κ1) is 10.7. The van der Waals surface area contributed by atoms with Crippen LogP contribution in [0.2, 0.25) is 0 Å². The molecule has 3 rings (SSSR count). The first-order valence-corrected chi connectivity index (χ1v) is 5.76. The fourth-order valence-electron chi connectivity index (χ4n) is 1.94. The van der Waals surface area contributed by atoms with Crippen LogP contribution in [0.1, 0.15) is 0 Å². The Hall–Kier alpha value is -2.48. The summed E-state index contributed by atoms with van der Waals surface area (Å²) in [7, 11) is 0. The molecule has 0 aliphatic rings. The van der Waals surface area contributed by atoms with Crippen molar-refractivity contribution in [2.75, 3.05) is 0 Å². The molecule has 0 aromatic heterocycles. The summed E-state index contributed by atoms with van der Waals surface area (Å²) in [5, 5.41) is 13.7. The summed E-state index contributed by atoms with van der Waals surface area (Å²) >= 11 is 0. The van der Waals surface area contributed by atoms with Gasteiger partial charge < -0.3 is 4.74 Å². The molecule has 0 aliphatic carbocycles. The van der Waals surface area contributed by atoms with E-state index >= 15 is 0 Å². The molecule has 0 N–H and O–H groups in total. The summed E-state index contributed by atoms with van der Waals surface area (Å²) in [6.45, 7) is 0. The highest BCUT2D eigenvalue weighted by Gasteiger charge is 2.06. The molecule has 0 bridgehead atoms. The minimum Gasteiger partial charge on any atom is -0.453 e. The molecule has 0 fully saturated rings. The van der Waals surface area contributed by atoms with Crippen molar-refractivity contribution in [1.82, 2.24) is 0 Å². The number of hydrogen-bond donors (Lipinski definition) is 0. The third kappa shape index (κ3) is 1.89. The lowest BCUT2D eigenvalue weighted by Gasteiger charge is -2.08. The minimum atomic E-state index is -0.106. The lowest BCUT2D eigenvalue weighted by atomic mass is 10.1. The zero-order valence-electron chi connectivity index (χ0n) is 9.67. The first-order valence-electron chi connectivity index (χ1n) is 5.76.